The highest BCUT2D eigenvalue weighted by atomic mass is 35.5. The predicted molar refractivity (Wildman–Crippen MR) is 71.9 cm³/mol. The molecule has 0 heterocycles. The van der Waals surface area contributed by atoms with Crippen LogP contribution in [-0.4, -0.2) is 11.3 Å². The van der Waals surface area contributed by atoms with Crippen molar-refractivity contribution in [2.24, 2.45) is 5.16 Å². The van der Waals surface area contributed by atoms with Crippen LogP contribution in [0, 0.1) is 5.82 Å². The molecule has 5 heteroatoms. The minimum atomic E-state index is -0.344. The molecule has 0 aromatic heterocycles. The van der Waals surface area contributed by atoms with Gasteiger partial charge >= 0.3 is 0 Å². The van der Waals surface area contributed by atoms with E-state index >= 15 is 0 Å². The maximum absolute atomic E-state index is 13.3. The SMILES string of the molecule is Oc1ccc(Cl)cc1/C=N/OCc1ccccc1F. The molecule has 2 aromatic rings. The number of benzene rings is 2. The molecule has 0 saturated heterocycles. The van der Waals surface area contributed by atoms with Crippen molar-refractivity contribution in [2.45, 2.75) is 6.61 Å². The quantitative estimate of drug-likeness (QED) is 0.684. The van der Waals surface area contributed by atoms with Crippen molar-refractivity contribution in [3.8, 4) is 5.75 Å². The second kappa shape index (κ2) is 6.20. The third-order valence-corrected chi connectivity index (χ3v) is 2.67. The van der Waals surface area contributed by atoms with E-state index in [1.54, 1.807) is 30.3 Å². The van der Waals surface area contributed by atoms with Crippen LogP contribution in [0.1, 0.15) is 11.1 Å². The van der Waals surface area contributed by atoms with E-state index in [1.807, 2.05) is 0 Å². The summed E-state index contributed by atoms with van der Waals surface area (Å²) in [7, 11) is 0. The van der Waals surface area contributed by atoms with E-state index in [2.05, 4.69) is 5.16 Å². The summed E-state index contributed by atoms with van der Waals surface area (Å²) in [5, 5.41) is 13.7. The average Bonchev–Trinajstić information content (AvgIpc) is 2.40. The van der Waals surface area contributed by atoms with Crippen LogP contribution in [0.25, 0.3) is 0 Å². The molecule has 0 radical (unpaired) electrons. The highest BCUT2D eigenvalue weighted by molar-refractivity contribution is 6.30. The molecule has 2 aromatic carbocycles. The first-order valence-corrected chi connectivity index (χ1v) is 5.92. The second-order valence-corrected chi connectivity index (χ2v) is 4.24. The molecule has 1 N–H and O–H groups in total. The zero-order valence-corrected chi connectivity index (χ0v) is 10.6. The molecule has 0 aliphatic carbocycles. The Hall–Kier alpha value is -2.07. The molecule has 0 bridgehead atoms. The highest BCUT2D eigenvalue weighted by Crippen LogP contribution is 2.19. The normalized spacial score (nSPS) is 10.8. The van der Waals surface area contributed by atoms with Crippen molar-refractivity contribution >= 4 is 17.8 Å². The number of oxime groups is 1. The lowest BCUT2D eigenvalue weighted by Crippen LogP contribution is -1.92. The molecule has 0 fully saturated rings. The maximum Gasteiger partial charge on any atom is 0.145 e. The van der Waals surface area contributed by atoms with Gasteiger partial charge in [-0.2, -0.15) is 0 Å². The lowest BCUT2D eigenvalue weighted by molar-refractivity contribution is 0.129. The molecule has 0 spiro atoms. The zero-order valence-electron chi connectivity index (χ0n) is 9.88. The van der Waals surface area contributed by atoms with E-state index in [0.29, 0.717) is 16.1 Å². The lowest BCUT2D eigenvalue weighted by Gasteiger charge is -2.01. The van der Waals surface area contributed by atoms with E-state index in [-0.39, 0.29) is 18.2 Å². The van der Waals surface area contributed by atoms with Gasteiger partial charge in [0, 0.05) is 16.1 Å². The van der Waals surface area contributed by atoms with E-state index in [4.69, 9.17) is 16.4 Å². The molecular weight excluding hydrogens is 269 g/mol. The number of hydrogen-bond acceptors (Lipinski definition) is 3. The van der Waals surface area contributed by atoms with Gasteiger partial charge in [0.25, 0.3) is 0 Å². The van der Waals surface area contributed by atoms with Crippen LogP contribution in [0.3, 0.4) is 0 Å². The first-order valence-electron chi connectivity index (χ1n) is 5.54. The molecular formula is C14H11ClFNO2. The van der Waals surface area contributed by atoms with Gasteiger partial charge in [0.05, 0.1) is 6.21 Å². The van der Waals surface area contributed by atoms with Crippen molar-refractivity contribution < 1.29 is 14.3 Å². The van der Waals surface area contributed by atoms with Gasteiger partial charge < -0.3 is 9.94 Å². The molecule has 2 rings (SSSR count). The summed E-state index contributed by atoms with van der Waals surface area (Å²) >= 11 is 5.78. The maximum atomic E-state index is 13.3. The van der Waals surface area contributed by atoms with Gasteiger partial charge in [0.1, 0.15) is 18.2 Å². The summed E-state index contributed by atoms with van der Waals surface area (Å²) in [5.41, 5.74) is 0.844. The van der Waals surface area contributed by atoms with Crippen LogP contribution in [0.4, 0.5) is 4.39 Å². The van der Waals surface area contributed by atoms with Crippen LogP contribution in [0.15, 0.2) is 47.6 Å². The van der Waals surface area contributed by atoms with Gasteiger partial charge in [0.2, 0.25) is 0 Å². The molecule has 0 aliphatic heterocycles. The van der Waals surface area contributed by atoms with Gasteiger partial charge in [-0.25, -0.2) is 4.39 Å². The topological polar surface area (TPSA) is 41.8 Å². The average molecular weight is 280 g/mol. The van der Waals surface area contributed by atoms with E-state index in [9.17, 15) is 9.50 Å². The number of hydrogen-bond donors (Lipinski definition) is 1. The number of rotatable bonds is 4. The van der Waals surface area contributed by atoms with E-state index < -0.39 is 0 Å². The van der Waals surface area contributed by atoms with Crippen molar-refractivity contribution in [3.05, 3.63) is 64.4 Å². The first kappa shape index (κ1) is 13.4. The Balaban J connectivity index is 1.97. The highest BCUT2D eigenvalue weighted by Gasteiger charge is 2.01. The van der Waals surface area contributed by atoms with Crippen molar-refractivity contribution in [1.82, 2.24) is 0 Å². The molecule has 0 amide bonds. The van der Waals surface area contributed by atoms with Crippen LogP contribution in [-0.2, 0) is 11.4 Å². The predicted octanol–water partition coefficient (Wildman–Crippen LogP) is 3.74. The number of halogens is 2. The van der Waals surface area contributed by atoms with Crippen LogP contribution in [0.2, 0.25) is 5.02 Å². The minimum absolute atomic E-state index is 0.0184. The van der Waals surface area contributed by atoms with Crippen LogP contribution >= 0.6 is 11.6 Å². The summed E-state index contributed by atoms with van der Waals surface area (Å²) < 4.78 is 13.3. The molecule has 3 nitrogen and oxygen atoms in total. The Morgan fingerprint density at radius 2 is 2.05 bits per heavy atom. The smallest absolute Gasteiger partial charge is 0.145 e. The Bertz CT molecular complexity index is 602. The van der Waals surface area contributed by atoms with Gasteiger partial charge in [0.15, 0.2) is 0 Å². The third kappa shape index (κ3) is 3.69. The molecule has 0 aliphatic rings. The fourth-order valence-corrected chi connectivity index (χ4v) is 1.63. The minimum Gasteiger partial charge on any atom is -0.507 e. The monoisotopic (exact) mass is 279 g/mol. The molecule has 19 heavy (non-hydrogen) atoms. The fourth-order valence-electron chi connectivity index (χ4n) is 1.45. The summed E-state index contributed by atoms with van der Waals surface area (Å²) in [4.78, 5) is 4.97. The number of phenols is 1. The zero-order chi connectivity index (χ0) is 13.7. The summed E-state index contributed by atoms with van der Waals surface area (Å²) in [6, 6.07) is 10.9. The van der Waals surface area contributed by atoms with Crippen molar-refractivity contribution in [2.75, 3.05) is 0 Å². The van der Waals surface area contributed by atoms with Gasteiger partial charge in [-0.15, -0.1) is 0 Å². The number of aromatic hydroxyl groups is 1. The number of phenolic OH excluding ortho intramolecular Hbond substituents is 1. The van der Waals surface area contributed by atoms with Gasteiger partial charge in [-0.05, 0) is 24.3 Å². The molecule has 0 unspecified atom stereocenters. The summed E-state index contributed by atoms with van der Waals surface area (Å²) in [5.74, 6) is -0.300. The van der Waals surface area contributed by atoms with Crippen molar-refractivity contribution in [1.29, 1.82) is 0 Å². The fraction of sp³-hybridized carbons (Fsp3) is 0.0714. The first-order chi connectivity index (χ1) is 9.16. The van der Waals surface area contributed by atoms with Crippen LogP contribution in [0.5, 0.6) is 5.75 Å². The molecule has 0 saturated carbocycles. The molecule has 98 valence electrons. The van der Waals surface area contributed by atoms with Gasteiger partial charge in [-0.1, -0.05) is 35.0 Å². The summed E-state index contributed by atoms with van der Waals surface area (Å²) in [6.45, 7) is 0.0184. The lowest BCUT2D eigenvalue weighted by atomic mass is 10.2. The van der Waals surface area contributed by atoms with Crippen LogP contribution < -0.4 is 0 Å². The Morgan fingerprint density at radius 1 is 1.26 bits per heavy atom. The Labute approximate surface area is 114 Å². The Morgan fingerprint density at radius 3 is 2.84 bits per heavy atom. The number of nitrogens with zero attached hydrogens (tertiary/aromatic N) is 1. The van der Waals surface area contributed by atoms with E-state index in [0.717, 1.165) is 0 Å². The second-order valence-electron chi connectivity index (χ2n) is 3.80. The van der Waals surface area contributed by atoms with Crippen molar-refractivity contribution in [3.63, 3.8) is 0 Å². The molecule has 0 atom stereocenters. The van der Waals surface area contributed by atoms with E-state index in [1.165, 1.54) is 18.3 Å². The standard InChI is InChI=1S/C14H11ClFNO2/c15-12-5-6-14(18)11(7-12)8-17-19-9-10-3-1-2-4-13(10)16/h1-8,18H,9H2/b17-8+. The van der Waals surface area contributed by atoms with Gasteiger partial charge in [-0.3, -0.25) is 0 Å². The Kier molecular flexibility index (Phi) is 4.36. The third-order valence-electron chi connectivity index (χ3n) is 2.43. The summed E-state index contributed by atoms with van der Waals surface area (Å²) in [6.07, 6.45) is 1.32. The largest absolute Gasteiger partial charge is 0.507 e.